The number of aromatic amines is 1. The molecule has 1 aliphatic rings. The number of esters is 1. The zero-order chi connectivity index (χ0) is 17.1. The number of nitrogens with one attached hydrogen (secondary N) is 1. The summed E-state index contributed by atoms with van der Waals surface area (Å²) in [5.74, 6) is -0.202. The van der Waals surface area contributed by atoms with Gasteiger partial charge in [0.2, 0.25) is 5.91 Å². The molecule has 0 radical (unpaired) electrons. The molecule has 6 heteroatoms. The number of fused-ring (bicyclic) bond motifs is 3. The minimum absolute atomic E-state index is 0.149. The Labute approximate surface area is 140 Å². The predicted octanol–water partition coefficient (Wildman–Crippen LogP) is 2.27. The maximum Gasteiger partial charge on any atom is 0.337 e. The van der Waals surface area contributed by atoms with E-state index in [1.165, 1.54) is 7.11 Å². The Kier molecular flexibility index (Phi) is 4.85. The van der Waals surface area contributed by atoms with E-state index in [1.807, 2.05) is 17.0 Å². The van der Waals surface area contributed by atoms with Gasteiger partial charge in [0, 0.05) is 61.8 Å². The molecule has 2 aromatic rings. The number of hydrogen-bond donors (Lipinski definition) is 1. The van der Waals surface area contributed by atoms with Crippen molar-refractivity contribution in [1.29, 1.82) is 0 Å². The summed E-state index contributed by atoms with van der Waals surface area (Å²) in [6.45, 7) is 1.89. The molecule has 6 nitrogen and oxygen atoms in total. The van der Waals surface area contributed by atoms with Gasteiger partial charge in [-0.3, -0.25) is 4.79 Å². The second-order valence-corrected chi connectivity index (χ2v) is 6.00. The van der Waals surface area contributed by atoms with E-state index in [-0.39, 0.29) is 11.9 Å². The fourth-order valence-electron chi connectivity index (χ4n) is 3.20. The van der Waals surface area contributed by atoms with Crippen molar-refractivity contribution in [2.24, 2.45) is 0 Å². The first-order valence-electron chi connectivity index (χ1n) is 8.12. The number of aromatic nitrogens is 1. The number of carbonyl (C=O) groups excluding carboxylic acids is 2. The van der Waals surface area contributed by atoms with E-state index < -0.39 is 0 Å². The molecule has 1 amide bonds. The summed E-state index contributed by atoms with van der Waals surface area (Å²) in [4.78, 5) is 29.4. The van der Waals surface area contributed by atoms with Crippen molar-refractivity contribution in [3.8, 4) is 0 Å². The third-order valence-electron chi connectivity index (χ3n) is 4.49. The van der Waals surface area contributed by atoms with Gasteiger partial charge in [-0.1, -0.05) is 0 Å². The number of nitrogens with zero attached hydrogens (tertiary/aromatic N) is 1. The summed E-state index contributed by atoms with van der Waals surface area (Å²) in [6.07, 6.45) is 2.03. The lowest BCUT2D eigenvalue weighted by atomic mass is 10.0. The molecule has 0 saturated carbocycles. The number of H-pyrrole nitrogens is 1. The first-order chi connectivity index (χ1) is 11.6. The van der Waals surface area contributed by atoms with E-state index in [0.717, 1.165) is 41.5 Å². The van der Waals surface area contributed by atoms with Crippen LogP contribution in [0.1, 0.15) is 34.5 Å². The van der Waals surface area contributed by atoms with Crippen molar-refractivity contribution in [1.82, 2.24) is 9.88 Å². The van der Waals surface area contributed by atoms with E-state index in [9.17, 15) is 9.59 Å². The second-order valence-electron chi connectivity index (χ2n) is 6.00. The summed E-state index contributed by atoms with van der Waals surface area (Å²) >= 11 is 0. The summed E-state index contributed by atoms with van der Waals surface area (Å²) < 4.78 is 9.80. The van der Waals surface area contributed by atoms with Crippen LogP contribution in [-0.4, -0.2) is 49.1 Å². The molecule has 0 unspecified atom stereocenters. The maximum atomic E-state index is 12.3. The molecule has 1 aliphatic heterocycles. The highest BCUT2D eigenvalue weighted by Gasteiger charge is 2.24. The van der Waals surface area contributed by atoms with Crippen LogP contribution in [-0.2, 0) is 27.2 Å². The van der Waals surface area contributed by atoms with Crippen molar-refractivity contribution in [2.75, 3.05) is 27.4 Å². The molecule has 1 N–H and O–H groups in total. The SMILES string of the molecule is COCCCC(=O)N1CCc2[nH]c3ccc(C(=O)OC)cc3c2C1. The zero-order valence-electron chi connectivity index (χ0n) is 14.1. The average molecular weight is 330 g/mol. The summed E-state index contributed by atoms with van der Waals surface area (Å²) in [7, 11) is 3.02. The standard InChI is InChI=1S/C18H22N2O4/c1-23-9-3-4-17(21)20-8-7-16-14(11-20)13-10-12(18(22)24-2)5-6-15(13)19-16/h5-6,10,19H,3-4,7-9,11H2,1-2H3. The van der Waals surface area contributed by atoms with Crippen molar-refractivity contribution in [3.63, 3.8) is 0 Å². The van der Waals surface area contributed by atoms with Gasteiger partial charge in [0.15, 0.2) is 0 Å². The Morgan fingerprint density at radius 1 is 1.29 bits per heavy atom. The Bertz CT molecular complexity index is 766. The largest absolute Gasteiger partial charge is 0.465 e. The van der Waals surface area contributed by atoms with Gasteiger partial charge in [0.25, 0.3) is 0 Å². The van der Waals surface area contributed by atoms with Gasteiger partial charge in [0.05, 0.1) is 12.7 Å². The Hall–Kier alpha value is -2.34. The molecule has 0 aliphatic carbocycles. The molecule has 2 heterocycles. The van der Waals surface area contributed by atoms with E-state index in [1.54, 1.807) is 13.2 Å². The van der Waals surface area contributed by atoms with Crippen LogP contribution in [0.3, 0.4) is 0 Å². The smallest absolute Gasteiger partial charge is 0.337 e. The fourth-order valence-corrected chi connectivity index (χ4v) is 3.20. The molecular formula is C18H22N2O4. The Balaban J connectivity index is 1.84. The van der Waals surface area contributed by atoms with Gasteiger partial charge in [-0.15, -0.1) is 0 Å². The Morgan fingerprint density at radius 2 is 2.12 bits per heavy atom. The van der Waals surface area contributed by atoms with Gasteiger partial charge in [-0.05, 0) is 24.6 Å². The normalized spacial score (nSPS) is 13.8. The fraction of sp³-hybridized carbons (Fsp3) is 0.444. The summed E-state index contributed by atoms with van der Waals surface area (Å²) in [6, 6.07) is 5.49. The highest BCUT2D eigenvalue weighted by Crippen LogP contribution is 2.29. The summed E-state index contributed by atoms with van der Waals surface area (Å²) in [5.41, 5.74) is 3.76. The van der Waals surface area contributed by atoms with Crippen LogP contribution < -0.4 is 0 Å². The first-order valence-corrected chi connectivity index (χ1v) is 8.12. The number of carbonyl (C=O) groups is 2. The van der Waals surface area contributed by atoms with Crippen molar-refractivity contribution in [2.45, 2.75) is 25.8 Å². The van der Waals surface area contributed by atoms with Crippen LogP contribution >= 0.6 is 0 Å². The number of benzene rings is 1. The van der Waals surface area contributed by atoms with Gasteiger partial charge < -0.3 is 19.4 Å². The molecule has 0 bridgehead atoms. The number of rotatable bonds is 5. The van der Waals surface area contributed by atoms with E-state index in [2.05, 4.69) is 4.98 Å². The van der Waals surface area contributed by atoms with Crippen LogP contribution in [0.5, 0.6) is 0 Å². The number of methoxy groups -OCH3 is 2. The molecule has 24 heavy (non-hydrogen) atoms. The van der Waals surface area contributed by atoms with Crippen LogP contribution in [0.4, 0.5) is 0 Å². The predicted molar refractivity (Wildman–Crippen MR) is 89.9 cm³/mol. The molecule has 0 saturated heterocycles. The lowest BCUT2D eigenvalue weighted by Crippen LogP contribution is -2.35. The third-order valence-corrected chi connectivity index (χ3v) is 4.49. The van der Waals surface area contributed by atoms with Crippen LogP contribution in [0.25, 0.3) is 10.9 Å². The van der Waals surface area contributed by atoms with Crippen molar-refractivity contribution in [3.05, 3.63) is 35.0 Å². The molecule has 1 aromatic heterocycles. The van der Waals surface area contributed by atoms with Gasteiger partial charge in [-0.2, -0.15) is 0 Å². The van der Waals surface area contributed by atoms with E-state index in [4.69, 9.17) is 9.47 Å². The topological polar surface area (TPSA) is 71.6 Å². The quantitative estimate of drug-likeness (QED) is 0.674. The van der Waals surface area contributed by atoms with Crippen LogP contribution in [0.15, 0.2) is 18.2 Å². The zero-order valence-corrected chi connectivity index (χ0v) is 14.1. The average Bonchev–Trinajstić information content (AvgIpc) is 2.98. The van der Waals surface area contributed by atoms with Crippen molar-refractivity contribution < 1.29 is 19.1 Å². The van der Waals surface area contributed by atoms with Crippen LogP contribution in [0, 0.1) is 0 Å². The van der Waals surface area contributed by atoms with E-state index >= 15 is 0 Å². The molecule has 3 rings (SSSR count). The maximum absolute atomic E-state index is 12.3. The molecule has 0 fully saturated rings. The lowest BCUT2D eigenvalue weighted by Gasteiger charge is -2.27. The monoisotopic (exact) mass is 330 g/mol. The molecule has 128 valence electrons. The minimum Gasteiger partial charge on any atom is -0.465 e. The molecule has 0 atom stereocenters. The number of amides is 1. The minimum atomic E-state index is -0.352. The number of ether oxygens (including phenoxy) is 2. The van der Waals surface area contributed by atoms with Crippen molar-refractivity contribution >= 4 is 22.8 Å². The van der Waals surface area contributed by atoms with Gasteiger partial charge >= 0.3 is 5.97 Å². The highest BCUT2D eigenvalue weighted by atomic mass is 16.5. The lowest BCUT2D eigenvalue weighted by molar-refractivity contribution is -0.132. The van der Waals surface area contributed by atoms with Gasteiger partial charge in [0.1, 0.15) is 0 Å². The second kappa shape index (κ2) is 7.05. The molecular weight excluding hydrogens is 308 g/mol. The number of hydrogen-bond acceptors (Lipinski definition) is 4. The first kappa shape index (κ1) is 16.5. The van der Waals surface area contributed by atoms with E-state index in [0.29, 0.717) is 25.1 Å². The Morgan fingerprint density at radius 3 is 2.88 bits per heavy atom. The third kappa shape index (κ3) is 3.14. The molecule has 1 aromatic carbocycles. The highest BCUT2D eigenvalue weighted by molar-refractivity contribution is 5.96. The van der Waals surface area contributed by atoms with Crippen LogP contribution in [0.2, 0.25) is 0 Å². The molecule has 0 spiro atoms. The van der Waals surface area contributed by atoms with Gasteiger partial charge in [-0.25, -0.2) is 4.79 Å². The summed E-state index contributed by atoms with van der Waals surface area (Å²) in [5, 5.41) is 0.988.